The highest BCUT2D eigenvalue weighted by atomic mass is 16.5. The van der Waals surface area contributed by atoms with Gasteiger partial charge in [0.25, 0.3) is 0 Å². The Morgan fingerprint density at radius 1 is 1.00 bits per heavy atom. The predicted octanol–water partition coefficient (Wildman–Crippen LogP) is 7.50. The lowest BCUT2D eigenvalue weighted by Gasteiger charge is -2.30. The topological polar surface area (TPSA) is 101 Å². The van der Waals surface area contributed by atoms with Crippen molar-refractivity contribution in [3.8, 4) is 22.6 Å². The van der Waals surface area contributed by atoms with Gasteiger partial charge < -0.3 is 24.9 Å². The lowest BCUT2D eigenvalue weighted by molar-refractivity contribution is 0.157. The predicted molar refractivity (Wildman–Crippen MR) is 156 cm³/mol. The Labute approximate surface area is 226 Å². The summed E-state index contributed by atoms with van der Waals surface area (Å²) in [5.41, 5.74) is 3.75. The van der Waals surface area contributed by atoms with Crippen LogP contribution in [0, 0.1) is 0 Å². The molecule has 4 aromatic rings. The minimum Gasteiger partial charge on any atom is -0.507 e. The average molecular weight is 523 g/mol. The Balaban J connectivity index is 1.52. The largest absolute Gasteiger partial charge is 0.507 e. The van der Waals surface area contributed by atoms with Crippen molar-refractivity contribution in [3.05, 3.63) is 99.9 Å². The molecule has 1 aromatic heterocycles. The van der Waals surface area contributed by atoms with Gasteiger partial charge in [-0.25, -0.2) is 4.79 Å². The maximum absolute atomic E-state index is 13.7. The summed E-state index contributed by atoms with van der Waals surface area (Å²) < 4.78 is 12.2. The van der Waals surface area contributed by atoms with Crippen LogP contribution in [0.15, 0.2) is 87.8 Å². The van der Waals surface area contributed by atoms with Crippen LogP contribution in [0.1, 0.15) is 38.8 Å². The Hall–Kier alpha value is -4.78. The number of hydrogen-bond donors (Lipinski definition) is 3. The van der Waals surface area contributed by atoms with Gasteiger partial charge in [0.15, 0.2) is 5.58 Å². The number of aromatic hydroxyl groups is 1. The van der Waals surface area contributed by atoms with Gasteiger partial charge in [0.1, 0.15) is 28.7 Å². The molecular weight excluding hydrogens is 492 g/mol. The van der Waals surface area contributed by atoms with Crippen LogP contribution in [0.4, 0.5) is 16.2 Å². The highest BCUT2D eigenvalue weighted by molar-refractivity contribution is 6.00. The van der Waals surface area contributed by atoms with Gasteiger partial charge in [-0.05, 0) is 76.1 Å². The van der Waals surface area contributed by atoms with E-state index in [0.717, 1.165) is 5.57 Å². The highest BCUT2D eigenvalue weighted by Gasteiger charge is 2.30. The van der Waals surface area contributed by atoms with Gasteiger partial charge in [-0.1, -0.05) is 42.0 Å². The van der Waals surface area contributed by atoms with Crippen molar-refractivity contribution in [2.24, 2.45) is 0 Å². The van der Waals surface area contributed by atoms with E-state index in [4.69, 9.17) is 9.15 Å². The number of nitrogens with one attached hydrogen (secondary N) is 2. The van der Waals surface area contributed by atoms with Crippen molar-refractivity contribution in [1.82, 2.24) is 0 Å². The number of urea groups is 1. The zero-order valence-electron chi connectivity index (χ0n) is 22.3. The first kappa shape index (κ1) is 25.9. The standard InChI is InChI=1S/C32H30N2O5/c1-19(2)10-15-23-27(35)26-28(36)25(18-38-30(26)24-16-17-32(3,4)39-29(23)24)20-11-13-22(14-12-20)34-31(37)33-21-8-6-5-7-9-21/h5-14,16-18,35H,15H2,1-4H3,(H2,33,34,37). The van der Waals surface area contributed by atoms with Crippen molar-refractivity contribution in [3.63, 3.8) is 0 Å². The van der Waals surface area contributed by atoms with Gasteiger partial charge in [0.05, 0.1) is 11.1 Å². The highest BCUT2D eigenvalue weighted by Crippen LogP contribution is 2.44. The second-order valence-electron chi connectivity index (χ2n) is 10.3. The van der Waals surface area contributed by atoms with Crippen molar-refractivity contribution in [2.75, 3.05) is 10.6 Å². The maximum Gasteiger partial charge on any atom is 0.323 e. The molecule has 0 fully saturated rings. The minimum atomic E-state index is -0.569. The molecule has 0 saturated carbocycles. The molecule has 3 N–H and O–H groups in total. The number of anilines is 2. The van der Waals surface area contributed by atoms with Crippen LogP contribution < -0.4 is 20.8 Å². The Morgan fingerprint density at radius 3 is 2.33 bits per heavy atom. The number of carbonyl (C=O) groups excluding carboxylic acids is 1. The van der Waals surface area contributed by atoms with E-state index in [2.05, 4.69) is 10.6 Å². The molecule has 1 aliphatic rings. The minimum absolute atomic E-state index is 0.112. The molecule has 1 aliphatic heterocycles. The summed E-state index contributed by atoms with van der Waals surface area (Å²) in [4.78, 5) is 26.1. The van der Waals surface area contributed by atoms with Gasteiger partial charge in [-0.15, -0.1) is 0 Å². The van der Waals surface area contributed by atoms with E-state index >= 15 is 0 Å². The first-order valence-electron chi connectivity index (χ1n) is 12.7. The smallest absolute Gasteiger partial charge is 0.323 e. The van der Waals surface area contributed by atoms with E-state index in [1.165, 1.54) is 6.26 Å². The number of ether oxygens (including phenoxy) is 1. The van der Waals surface area contributed by atoms with E-state index in [1.54, 1.807) is 36.4 Å². The molecule has 7 nitrogen and oxygen atoms in total. The zero-order valence-corrected chi connectivity index (χ0v) is 22.3. The third-order valence-corrected chi connectivity index (χ3v) is 6.50. The fraction of sp³-hybridized carbons (Fsp3) is 0.188. The number of rotatable bonds is 5. The van der Waals surface area contributed by atoms with E-state index in [0.29, 0.717) is 45.8 Å². The summed E-state index contributed by atoms with van der Waals surface area (Å²) in [6.07, 6.45) is 7.59. The molecule has 5 rings (SSSR count). The number of fused-ring (bicyclic) bond motifs is 3. The Bertz CT molecular complexity index is 1680. The van der Waals surface area contributed by atoms with Crippen LogP contribution in [0.3, 0.4) is 0 Å². The summed E-state index contributed by atoms with van der Waals surface area (Å²) in [5.74, 6) is 0.379. The van der Waals surface area contributed by atoms with E-state index in [9.17, 15) is 14.7 Å². The zero-order chi connectivity index (χ0) is 27.7. The number of phenolic OH excluding ortho intramolecular Hbond substituents is 1. The molecule has 0 atom stereocenters. The number of hydrogen-bond acceptors (Lipinski definition) is 5. The molecule has 0 aliphatic carbocycles. The first-order chi connectivity index (χ1) is 18.6. The number of amides is 2. The summed E-state index contributed by atoms with van der Waals surface area (Å²) in [7, 11) is 0. The van der Waals surface area contributed by atoms with E-state index < -0.39 is 5.60 Å². The fourth-order valence-corrected chi connectivity index (χ4v) is 4.50. The molecule has 7 heteroatoms. The molecule has 198 valence electrons. The van der Waals surface area contributed by atoms with Crippen molar-refractivity contribution >= 4 is 34.5 Å². The molecule has 0 spiro atoms. The van der Waals surface area contributed by atoms with Crippen LogP contribution in [0.25, 0.3) is 28.2 Å². The Morgan fingerprint density at radius 2 is 1.67 bits per heavy atom. The molecule has 0 saturated heterocycles. The average Bonchev–Trinajstić information content (AvgIpc) is 2.89. The van der Waals surface area contributed by atoms with Gasteiger partial charge >= 0.3 is 6.03 Å². The second kappa shape index (κ2) is 10.2. The summed E-state index contributed by atoms with van der Waals surface area (Å²) in [5, 5.41) is 17.0. The van der Waals surface area contributed by atoms with E-state index in [-0.39, 0.29) is 28.2 Å². The molecule has 0 unspecified atom stereocenters. The number of allylic oxidation sites excluding steroid dienone is 2. The number of benzene rings is 3. The first-order valence-corrected chi connectivity index (χ1v) is 12.7. The normalized spacial score (nSPS) is 13.3. The fourth-order valence-electron chi connectivity index (χ4n) is 4.50. The molecule has 0 bridgehead atoms. The van der Waals surface area contributed by atoms with Gasteiger partial charge in [-0.2, -0.15) is 0 Å². The van der Waals surface area contributed by atoms with Crippen LogP contribution in [0.2, 0.25) is 0 Å². The molecule has 3 aromatic carbocycles. The van der Waals surface area contributed by atoms with Crippen LogP contribution >= 0.6 is 0 Å². The Kier molecular flexibility index (Phi) is 6.74. The summed E-state index contributed by atoms with van der Waals surface area (Å²) in [6.45, 7) is 7.82. The third-order valence-electron chi connectivity index (χ3n) is 6.50. The third kappa shape index (κ3) is 5.29. The molecular formula is C32H30N2O5. The van der Waals surface area contributed by atoms with Crippen molar-refractivity contribution in [1.29, 1.82) is 0 Å². The quantitative estimate of drug-likeness (QED) is 0.236. The number of phenols is 1. The monoisotopic (exact) mass is 522 g/mol. The SMILES string of the molecule is CC(C)=CCc1c2c(c3occ(-c4ccc(NC(=O)Nc5ccccc5)cc4)c(=O)c3c1O)C=CC(C)(C)O2. The maximum atomic E-state index is 13.7. The van der Waals surface area contributed by atoms with Crippen molar-refractivity contribution in [2.45, 2.75) is 39.7 Å². The van der Waals surface area contributed by atoms with Crippen molar-refractivity contribution < 1.29 is 19.1 Å². The lowest BCUT2D eigenvalue weighted by Crippen LogP contribution is -2.28. The molecule has 2 heterocycles. The van der Waals surface area contributed by atoms with Gasteiger partial charge in [-0.3, -0.25) is 4.79 Å². The van der Waals surface area contributed by atoms with Crippen LogP contribution in [-0.2, 0) is 6.42 Å². The molecule has 2 amide bonds. The second-order valence-corrected chi connectivity index (χ2v) is 10.3. The number of para-hydroxylation sites is 1. The molecule has 0 radical (unpaired) electrons. The lowest BCUT2D eigenvalue weighted by atomic mass is 9.93. The molecule has 39 heavy (non-hydrogen) atoms. The van der Waals surface area contributed by atoms with Gasteiger partial charge in [0.2, 0.25) is 5.43 Å². The number of carbonyl (C=O) groups is 1. The van der Waals surface area contributed by atoms with Crippen LogP contribution in [-0.4, -0.2) is 16.7 Å². The van der Waals surface area contributed by atoms with E-state index in [1.807, 2.05) is 64.1 Å². The summed E-state index contributed by atoms with van der Waals surface area (Å²) >= 11 is 0. The van der Waals surface area contributed by atoms with Crippen LogP contribution in [0.5, 0.6) is 11.5 Å². The van der Waals surface area contributed by atoms with Gasteiger partial charge in [0, 0.05) is 16.9 Å². The summed E-state index contributed by atoms with van der Waals surface area (Å²) in [6, 6.07) is 15.6.